The van der Waals surface area contributed by atoms with E-state index in [1.165, 1.54) is 11.6 Å². The molecule has 1 aromatic carbocycles. The first-order chi connectivity index (χ1) is 13.3. The first-order valence-electron chi connectivity index (χ1n) is 8.57. The number of halogens is 1. The Kier molecular flexibility index (Phi) is 4.24. The summed E-state index contributed by atoms with van der Waals surface area (Å²) in [6.45, 7) is 2.56. The van der Waals surface area contributed by atoms with Crippen LogP contribution < -0.4 is 27.4 Å². The third kappa shape index (κ3) is 2.53. The minimum Gasteiger partial charge on any atom is -0.310 e. The fourth-order valence-corrected chi connectivity index (χ4v) is 3.69. The number of benzene rings is 1. The number of nitrogens with zero attached hydrogens (tertiary/aromatic N) is 5. The predicted octanol–water partition coefficient (Wildman–Crippen LogP) is 0.000120. The predicted molar refractivity (Wildman–Crippen MR) is 105 cm³/mol. The number of imidazole rings is 1. The number of rotatable bonds is 3. The van der Waals surface area contributed by atoms with E-state index in [9.17, 15) is 14.4 Å². The van der Waals surface area contributed by atoms with E-state index < -0.39 is 23.7 Å². The first-order valence-corrected chi connectivity index (χ1v) is 8.95. The number of nitrogens with one attached hydrogen (secondary N) is 1. The summed E-state index contributed by atoms with van der Waals surface area (Å²) in [5.74, 6) is 5.00. The summed E-state index contributed by atoms with van der Waals surface area (Å²) in [6, 6.07) is 5.59. The molecule has 3 aromatic rings. The zero-order chi connectivity index (χ0) is 20.2. The smallest absolute Gasteiger partial charge is 0.310 e. The van der Waals surface area contributed by atoms with Crippen LogP contribution in [-0.4, -0.2) is 31.1 Å². The molecule has 28 heavy (non-hydrogen) atoms. The molecule has 1 aliphatic heterocycles. The number of hydrogen-bond donors (Lipinski definition) is 2. The van der Waals surface area contributed by atoms with Gasteiger partial charge in [-0.05, 0) is 24.6 Å². The lowest BCUT2D eigenvalue weighted by Gasteiger charge is -2.19. The second-order valence-electron chi connectivity index (χ2n) is 6.57. The fourth-order valence-electron chi connectivity index (χ4n) is 3.52. The van der Waals surface area contributed by atoms with Crippen LogP contribution in [0.2, 0.25) is 5.02 Å². The highest BCUT2D eigenvalue weighted by molar-refractivity contribution is 6.31. The number of carbonyl (C=O) groups excluding carboxylic acids is 1. The standard InChI is InChI=1S/C17H18ClN7O3/c1-9-10(18)4-3-5-11(9)23-6-7-24-13-14(20-16(23)24)22(2)17(28)25(15(13)27)8-12(26)21-19/h3-5H,6-8,19H2,1-2H3,(H,21,26). The van der Waals surface area contributed by atoms with E-state index in [-0.39, 0.29) is 11.2 Å². The van der Waals surface area contributed by atoms with Gasteiger partial charge >= 0.3 is 5.69 Å². The van der Waals surface area contributed by atoms with Gasteiger partial charge < -0.3 is 9.47 Å². The Balaban J connectivity index is 1.95. The van der Waals surface area contributed by atoms with Gasteiger partial charge in [-0.15, -0.1) is 0 Å². The second kappa shape index (κ2) is 6.50. The molecular formula is C17H18ClN7O3. The van der Waals surface area contributed by atoms with Crippen LogP contribution in [-0.2, 0) is 24.9 Å². The molecule has 0 saturated heterocycles. The van der Waals surface area contributed by atoms with Crippen molar-refractivity contribution in [1.29, 1.82) is 0 Å². The van der Waals surface area contributed by atoms with Crippen LogP contribution in [0, 0.1) is 6.92 Å². The number of aryl methyl sites for hydroxylation is 1. The number of anilines is 2. The van der Waals surface area contributed by atoms with E-state index in [0.29, 0.717) is 24.1 Å². The molecule has 0 atom stereocenters. The summed E-state index contributed by atoms with van der Waals surface area (Å²) in [6.07, 6.45) is 0. The van der Waals surface area contributed by atoms with Gasteiger partial charge in [0.05, 0.1) is 0 Å². The van der Waals surface area contributed by atoms with Crippen LogP contribution in [0.15, 0.2) is 27.8 Å². The molecule has 3 N–H and O–H groups in total. The fraction of sp³-hybridized carbons (Fsp3) is 0.294. The number of hydrogen-bond acceptors (Lipinski definition) is 6. The van der Waals surface area contributed by atoms with Crippen LogP contribution in [0.5, 0.6) is 0 Å². The number of hydrazine groups is 1. The maximum Gasteiger partial charge on any atom is 0.332 e. The topological polar surface area (TPSA) is 120 Å². The molecule has 11 heteroatoms. The van der Waals surface area contributed by atoms with E-state index in [2.05, 4.69) is 4.98 Å². The summed E-state index contributed by atoms with van der Waals surface area (Å²) in [4.78, 5) is 43.7. The first kappa shape index (κ1) is 18.3. The number of carbonyl (C=O) groups is 1. The Labute approximate surface area is 163 Å². The third-order valence-electron chi connectivity index (χ3n) is 4.99. The Morgan fingerprint density at radius 3 is 2.79 bits per heavy atom. The minimum absolute atomic E-state index is 0.263. The van der Waals surface area contributed by atoms with Gasteiger partial charge in [0.25, 0.3) is 11.5 Å². The van der Waals surface area contributed by atoms with Crippen molar-refractivity contribution in [2.75, 3.05) is 11.4 Å². The van der Waals surface area contributed by atoms with E-state index in [0.717, 1.165) is 15.8 Å². The lowest BCUT2D eigenvalue weighted by molar-refractivity contribution is -0.121. The number of fused-ring (bicyclic) bond motifs is 3. The molecule has 1 aliphatic rings. The Morgan fingerprint density at radius 2 is 2.07 bits per heavy atom. The maximum atomic E-state index is 13.0. The highest BCUT2D eigenvalue weighted by atomic mass is 35.5. The molecule has 1 amide bonds. The molecule has 146 valence electrons. The zero-order valence-electron chi connectivity index (χ0n) is 15.3. The van der Waals surface area contributed by atoms with Crippen molar-refractivity contribution in [3.63, 3.8) is 0 Å². The molecule has 0 unspecified atom stereocenters. The average molecular weight is 404 g/mol. The van der Waals surface area contributed by atoms with E-state index >= 15 is 0 Å². The van der Waals surface area contributed by atoms with E-state index in [1.807, 2.05) is 35.4 Å². The molecule has 10 nitrogen and oxygen atoms in total. The largest absolute Gasteiger partial charge is 0.332 e. The lowest BCUT2D eigenvalue weighted by atomic mass is 10.2. The van der Waals surface area contributed by atoms with Gasteiger partial charge in [0.1, 0.15) is 6.54 Å². The quantitative estimate of drug-likeness (QED) is 0.361. The van der Waals surface area contributed by atoms with Gasteiger partial charge in [0.15, 0.2) is 11.2 Å². The summed E-state index contributed by atoms with van der Waals surface area (Å²) in [7, 11) is 1.51. The average Bonchev–Trinajstić information content (AvgIpc) is 3.25. The number of amides is 1. The number of aromatic nitrogens is 4. The molecule has 2 aromatic heterocycles. The van der Waals surface area contributed by atoms with E-state index in [1.54, 1.807) is 4.57 Å². The summed E-state index contributed by atoms with van der Waals surface area (Å²) in [5, 5.41) is 0.634. The second-order valence-corrected chi connectivity index (χ2v) is 6.98. The van der Waals surface area contributed by atoms with Crippen LogP contribution in [0.4, 0.5) is 11.6 Å². The van der Waals surface area contributed by atoms with Crippen molar-refractivity contribution in [2.24, 2.45) is 12.9 Å². The summed E-state index contributed by atoms with van der Waals surface area (Å²) < 4.78 is 3.87. The van der Waals surface area contributed by atoms with Crippen molar-refractivity contribution in [3.05, 3.63) is 49.6 Å². The Bertz CT molecular complexity index is 1240. The highest BCUT2D eigenvalue weighted by Gasteiger charge is 2.29. The lowest BCUT2D eigenvalue weighted by Crippen LogP contribution is -2.44. The molecule has 3 heterocycles. The van der Waals surface area contributed by atoms with Gasteiger partial charge in [-0.1, -0.05) is 17.7 Å². The van der Waals surface area contributed by atoms with Gasteiger partial charge in [-0.2, -0.15) is 4.98 Å². The Hall–Kier alpha value is -3.11. The molecule has 0 bridgehead atoms. The molecule has 0 aliphatic carbocycles. The molecule has 0 saturated carbocycles. The Morgan fingerprint density at radius 1 is 1.32 bits per heavy atom. The maximum absolute atomic E-state index is 13.0. The van der Waals surface area contributed by atoms with Gasteiger partial charge in [0.2, 0.25) is 5.95 Å². The van der Waals surface area contributed by atoms with E-state index in [4.69, 9.17) is 17.4 Å². The van der Waals surface area contributed by atoms with Gasteiger partial charge in [-0.25, -0.2) is 15.2 Å². The molecular weight excluding hydrogens is 386 g/mol. The van der Waals surface area contributed by atoms with Crippen molar-refractivity contribution < 1.29 is 4.79 Å². The molecule has 0 radical (unpaired) electrons. The van der Waals surface area contributed by atoms with Crippen LogP contribution in [0.25, 0.3) is 11.2 Å². The minimum atomic E-state index is -0.643. The third-order valence-corrected chi connectivity index (χ3v) is 5.40. The van der Waals surface area contributed by atoms with Crippen LogP contribution in [0.1, 0.15) is 5.56 Å². The van der Waals surface area contributed by atoms with Crippen LogP contribution >= 0.6 is 11.6 Å². The van der Waals surface area contributed by atoms with Gasteiger partial charge in [0, 0.05) is 30.8 Å². The normalized spacial score (nSPS) is 13.2. The zero-order valence-corrected chi connectivity index (χ0v) is 16.0. The molecule has 4 rings (SSSR count). The van der Waals surface area contributed by atoms with Gasteiger partial charge in [-0.3, -0.25) is 19.6 Å². The van der Waals surface area contributed by atoms with Crippen molar-refractivity contribution in [3.8, 4) is 0 Å². The van der Waals surface area contributed by atoms with Crippen molar-refractivity contribution >= 4 is 40.3 Å². The molecule has 0 spiro atoms. The number of nitrogens with two attached hydrogens (primary N) is 1. The van der Waals surface area contributed by atoms with Crippen LogP contribution in [0.3, 0.4) is 0 Å². The van der Waals surface area contributed by atoms with Crippen molar-refractivity contribution in [1.82, 2.24) is 24.1 Å². The SMILES string of the molecule is Cc1c(Cl)cccc1N1CCn2c1nc1c2c(=O)n(CC(=O)NN)c(=O)n1C. The monoisotopic (exact) mass is 403 g/mol. The van der Waals surface area contributed by atoms with Crippen molar-refractivity contribution in [2.45, 2.75) is 20.0 Å². The molecule has 0 fully saturated rings. The highest BCUT2D eigenvalue weighted by Crippen LogP contribution is 2.35. The summed E-state index contributed by atoms with van der Waals surface area (Å²) >= 11 is 6.25. The summed E-state index contributed by atoms with van der Waals surface area (Å²) in [5.41, 5.74) is 3.03.